The lowest BCUT2D eigenvalue weighted by Gasteiger charge is -2.16. The number of hydrogen-bond acceptors (Lipinski definition) is 5. The molecule has 4 N–H and O–H groups in total. The molecular formula is C12H13F2N5. The van der Waals surface area contributed by atoms with Crippen LogP contribution in [0.1, 0.15) is 18.5 Å². The van der Waals surface area contributed by atoms with Crippen molar-refractivity contribution in [3.63, 3.8) is 0 Å². The maximum absolute atomic E-state index is 13.6. The van der Waals surface area contributed by atoms with Crippen molar-refractivity contribution in [2.75, 3.05) is 10.7 Å². The third kappa shape index (κ3) is 2.94. The van der Waals surface area contributed by atoms with E-state index < -0.39 is 11.6 Å². The van der Waals surface area contributed by atoms with Crippen molar-refractivity contribution in [2.24, 2.45) is 5.84 Å². The summed E-state index contributed by atoms with van der Waals surface area (Å²) in [5.41, 5.74) is 2.98. The predicted molar refractivity (Wildman–Crippen MR) is 68.2 cm³/mol. The summed E-state index contributed by atoms with van der Waals surface area (Å²) in [4.78, 5) is 7.64. The molecule has 1 unspecified atom stereocenters. The average Bonchev–Trinajstić information content (AvgIpc) is 2.42. The number of hydrazine groups is 1. The highest BCUT2D eigenvalue weighted by Gasteiger charge is 2.13. The third-order valence-electron chi connectivity index (χ3n) is 2.63. The van der Waals surface area contributed by atoms with E-state index in [0.717, 1.165) is 11.6 Å². The van der Waals surface area contributed by atoms with E-state index in [1.165, 1.54) is 0 Å². The van der Waals surface area contributed by atoms with E-state index in [0.29, 0.717) is 0 Å². The summed E-state index contributed by atoms with van der Waals surface area (Å²) in [6, 6.07) is 4.10. The number of nitrogens with zero attached hydrogens (tertiary/aromatic N) is 2. The number of halogens is 2. The predicted octanol–water partition coefficient (Wildman–Crippen LogP) is 2.21. The lowest BCUT2D eigenvalue weighted by atomic mass is 10.1. The quantitative estimate of drug-likeness (QED) is 0.583. The number of nitrogens with two attached hydrogens (primary N) is 1. The van der Waals surface area contributed by atoms with Gasteiger partial charge in [0.25, 0.3) is 0 Å². The summed E-state index contributed by atoms with van der Waals surface area (Å²) in [6.07, 6.45) is 3.27. The minimum Gasteiger partial charge on any atom is -0.361 e. The molecule has 5 nitrogen and oxygen atoms in total. The molecule has 7 heteroatoms. The molecule has 2 heterocycles. The molecule has 2 aromatic heterocycles. The van der Waals surface area contributed by atoms with Crippen LogP contribution < -0.4 is 16.6 Å². The summed E-state index contributed by atoms with van der Waals surface area (Å²) in [7, 11) is 0. The Hall–Kier alpha value is -2.28. The summed E-state index contributed by atoms with van der Waals surface area (Å²) in [6.45, 7) is 1.83. The van der Waals surface area contributed by atoms with Gasteiger partial charge in [0.15, 0.2) is 23.3 Å². The molecule has 0 saturated heterocycles. The van der Waals surface area contributed by atoms with Crippen molar-refractivity contribution in [1.82, 2.24) is 9.97 Å². The maximum atomic E-state index is 13.6. The first-order valence-electron chi connectivity index (χ1n) is 5.61. The van der Waals surface area contributed by atoms with E-state index in [9.17, 15) is 8.78 Å². The molecule has 0 amide bonds. The third-order valence-corrected chi connectivity index (χ3v) is 2.63. The van der Waals surface area contributed by atoms with Gasteiger partial charge in [-0.25, -0.2) is 19.6 Å². The van der Waals surface area contributed by atoms with Gasteiger partial charge >= 0.3 is 0 Å². The van der Waals surface area contributed by atoms with Crippen molar-refractivity contribution in [2.45, 2.75) is 13.0 Å². The highest BCUT2D eigenvalue weighted by Crippen LogP contribution is 2.22. The van der Waals surface area contributed by atoms with Crippen LogP contribution in [0.15, 0.2) is 30.6 Å². The Morgan fingerprint density at radius 3 is 2.42 bits per heavy atom. The fraction of sp³-hybridized carbons (Fsp3) is 0.167. The smallest absolute Gasteiger partial charge is 0.178 e. The number of nitrogen functional groups attached to an aromatic ring is 1. The lowest BCUT2D eigenvalue weighted by Crippen LogP contribution is -2.15. The van der Waals surface area contributed by atoms with Crippen LogP contribution in [0, 0.1) is 11.6 Å². The van der Waals surface area contributed by atoms with Crippen LogP contribution in [-0.4, -0.2) is 9.97 Å². The van der Waals surface area contributed by atoms with Gasteiger partial charge in [0.2, 0.25) is 0 Å². The molecule has 2 aromatic rings. The molecule has 0 saturated carbocycles. The van der Waals surface area contributed by atoms with Crippen molar-refractivity contribution in [3.8, 4) is 0 Å². The van der Waals surface area contributed by atoms with Gasteiger partial charge in [0, 0.05) is 18.5 Å². The van der Waals surface area contributed by atoms with Crippen LogP contribution in [0.3, 0.4) is 0 Å². The molecular weight excluding hydrogens is 252 g/mol. The van der Waals surface area contributed by atoms with E-state index in [-0.39, 0.29) is 17.7 Å². The number of aromatic nitrogens is 2. The topological polar surface area (TPSA) is 75.9 Å². The lowest BCUT2D eigenvalue weighted by molar-refractivity contribution is 0.576. The minimum atomic E-state index is -0.845. The first-order chi connectivity index (χ1) is 9.11. The Balaban J connectivity index is 2.24. The summed E-state index contributed by atoms with van der Waals surface area (Å²) >= 11 is 0. The standard InChI is InChI=1S/C12H13F2N5/c1-7(8-2-4-16-5-3-8)17-11-9(13)6-10(14)12(18-11)19-15/h2-7H,15H2,1H3,(H2,17,18,19). The van der Waals surface area contributed by atoms with Gasteiger partial charge in [0.1, 0.15) is 0 Å². The van der Waals surface area contributed by atoms with Gasteiger partial charge < -0.3 is 10.7 Å². The van der Waals surface area contributed by atoms with Crippen molar-refractivity contribution in [3.05, 3.63) is 47.8 Å². The summed E-state index contributed by atoms with van der Waals surface area (Å²) < 4.78 is 26.8. The molecule has 100 valence electrons. The van der Waals surface area contributed by atoms with Gasteiger partial charge in [0.05, 0.1) is 6.04 Å². The Labute approximate surface area is 108 Å². The van der Waals surface area contributed by atoms with Crippen LogP contribution in [0.5, 0.6) is 0 Å². The van der Waals surface area contributed by atoms with Gasteiger partial charge in [-0.1, -0.05) is 0 Å². The van der Waals surface area contributed by atoms with Crippen LogP contribution in [0.2, 0.25) is 0 Å². The zero-order valence-corrected chi connectivity index (χ0v) is 10.2. The van der Waals surface area contributed by atoms with E-state index in [2.05, 4.69) is 20.7 Å². The number of pyridine rings is 2. The summed E-state index contributed by atoms with van der Waals surface area (Å²) in [5.74, 6) is 3.19. The molecule has 0 fully saturated rings. The van der Waals surface area contributed by atoms with E-state index >= 15 is 0 Å². The Morgan fingerprint density at radius 1 is 1.16 bits per heavy atom. The molecule has 1 atom stereocenters. The van der Waals surface area contributed by atoms with Gasteiger partial charge in [-0.15, -0.1) is 0 Å². The van der Waals surface area contributed by atoms with Crippen molar-refractivity contribution < 1.29 is 8.78 Å². The fourth-order valence-electron chi connectivity index (χ4n) is 1.61. The van der Waals surface area contributed by atoms with Crippen molar-refractivity contribution in [1.29, 1.82) is 0 Å². The highest BCUT2D eigenvalue weighted by atomic mass is 19.1. The SMILES string of the molecule is CC(Nc1nc(NN)c(F)cc1F)c1ccncc1. The van der Waals surface area contributed by atoms with E-state index in [1.54, 1.807) is 24.5 Å². The molecule has 0 aliphatic carbocycles. The first kappa shape index (κ1) is 13.2. The number of anilines is 2. The second-order valence-corrected chi connectivity index (χ2v) is 3.94. The zero-order valence-electron chi connectivity index (χ0n) is 10.2. The van der Waals surface area contributed by atoms with E-state index in [1.807, 2.05) is 6.92 Å². The van der Waals surface area contributed by atoms with Gasteiger partial charge in [-0.2, -0.15) is 0 Å². The van der Waals surface area contributed by atoms with Crippen molar-refractivity contribution >= 4 is 11.6 Å². The summed E-state index contributed by atoms with van der Waals surface area (Å²) in [5, 5.41) is 2.85. The molecule has 19 heavy (non-hydrogen) atoms. The molecule has 0 bridgehead atoms. The van der Waals surface area contributed by atoms with Crippen LogP contribution in [0.4, 0.5) is 20.4 Å². The normalized spacial score (nSPS) is 12.0. The Bertz CT molecular complexity index is 562. The van der Waals surface area contributed by atoms with Crippen LogP contribution in [0.25, 0.3) is 0 Å². The maximum Gasteiger partial charge on any atom is 0.178 e. The molecule has 0 aromatic carbocycles. The average molecular weight is 265 g/mol. The Morgan fingerprint density at radius 2 is 1.79 bits per heavy atom. The highest BCUT2D eigenvalue weighted by molar-refractivity contribution is 5.48. The minimum absolute atomic E-state index is 0.0707. The number of hydrogen-bond donors (Lipinski definition) is 3. The first-order valence-corrected chi connectivity index (χ1v) is 5.61. The monoisotopic (exact) mass is 265 g/mol. The van der Waals surface area contributed by atoms with Crippen LogP contribution >= 0.6 is 0 Å². The largest absolute Gasteiger partial charge is 0.361 e. The van der Waals surface area contributed by atoms with E-state index in [4.69, 9.17) is 5.84 Å². The second kappa shape index (κ2) is 5.57. The number of nitrogens with one attached hydrogen (secondary N) is 2. The van der Waals surface area contributed by atoms with Crippen LogP contribution in [-0.2, 0) is 0 Å². The molecule has 0 aliphatic heterocycles. The second-order valence-electron chi connectivity index (χ2n) is 3.94. The Kier molecular flexibility index (Phi) is 3.86. The molecule has 2 rings (SSSR count). The van der Waals surface area contributed by atoms with Gasteiger partial charge in [-0.05, 0) is 24.6 Å². The molecule has 0 spiro atoms. The number of rotatable bonds is 4. The zero-order chi connectivity index (χ0) is 13.8. The fourth-order valence-corrected chi connectivity index (χ4v) is 1.61. The molecule has 0 radical (unpaired) electrons. The molecule has 0 aliphatic rings. The van der Waals surface area contributed by atoms with Gasteiger partial charge in [-0.3, -0.25) is 4.98 Å².